The Balaban J connectivity index is 3.41. The molecule has 0 aliphatic rings. The normalized spacial score (nSPS) is 15.2. The van der Waals surface area contributed by atoms with Gasteiger partial charge < -0.3 is 20.4 Å². The number of likely N-dealkylation sites (N-methyl/N-ethyl adjacent to an activating group) is 1. The van der Waals surface area contributed by atoms with Crippen LogP contribution in [0.2, 0.25) is 0 Å². The monoisotopic (exact) mass is 246 g/mol. The van der Waals surface area contributed by atoms with Crippen molar-refractivity contribution >= 4 is 0 Å². The molecule has 2 unspecified atom stereocenters. The Labute approximate surface area is 106 Å². The Bertz CT molecular complexity index is 163. The van der Waals surface area contributed by atoms with Crippen molar-refractivity contribution in [3.05, 3.63) is 0 Å². The summed E-state index contributed by atoms with van der Waals surface area (Å²) in [6.07, 6.45) is 1.81. The van der Waals surface area contributed by atoms with E-state index in [1.807, 2.05) is 0 Å². The lowest BCUT2D eigenvalue weighted by Crippen LogP contribution is -2.38. The number of aliphatic hydroxyl groups is 2. The summed E-state index contributed by atoms with van der Waals surface area (Å²) in [6.45, 7) is 10.8. The zero-order valence-corrected chi connectivity index (χ0v) is 11.7. The largest absolute Gasteiger partial charge is 0.396 e. The molecule has 104 valence electrons. The fraction of sp³-hybridized carbons (Fsp3) is 1.00. The molecule has 4 nitrogen and oxygen atoms in total. The summed E-state index contributed by atoms with van der Waals surface area (Å²) in [5.74, 6) is 0.386. The van der Waals surface area contributed by atoms with Gasteiger partial charge in [-0.1, -0.05) is 20.8 Å². The lowest BCUT2D eigenvalue weighted by atomic mass is 10.1. The molecule has 0 saturated carbocycles. The van der Waals surface area contributed by atoms with Gasteiger partial charge in [-0.25, -0.2) is 0 Å². The molecule has 3 N–H and O–H groups in total. The third kappa shape index (κ3) is 9.53. The molecule has 0 aromatic rings. The highest BCUT2D eigenvalue weighted by Gasteiger charge is 2.08. The lowest BCUT2D eigenvalue weighted by Gasteiger charge is -2.22. The van der Waals surface area contributed by atoms with Gasteiger partial charge in [0.15, 0.2) is 0 Å². The van der Waals surface area contributed by atoms with Gasteiger partial charge in [0.2, 0.25) is 0 Å². The molecule has 0 amide bonds. The average Bonchev–Trinajstić information content (AvgIpc) is 2.35. The Morgan fingerprint density at radius 3 is 2.41 bits per heavy atom. The molecule has 0 aliphatic carbocycles. The van der Waals surface area contributed by atoms with Crippen molar-refractivity contribution in [1.29, 1.82) is 0 Å². The second-order valence-corrected chi connectivity index (χ2v) is 4.77. The molecule has 0 bridgehead atoms. The van der Waals surface area contributed by atoms with E-state index in [1.54, 1.807) is 0 Å². The Morgan fingerprint density at radius 2 is 1.88 bits per heavy atom. The van der Waals surface area contributed by atoms with Crippen LogP contribution in [0.4, 0.5) is 0 Å². The van der Waals surface area contributed by atoms with Gasteiger partial charge in [0.05, 0.1) is 6.10 Å². The fourth-order valence-electron chi connectivity index (χ4n) is 1.78. The van der Waals surface area contributed by atoms with Crippen LogP contribution in [-0.2, 0) is 0 Å². The van der Waals surface area contributed by atoms with Crippen molar-refractivity contribution in [3.63, 3.8) is 0 Å². The van der Waals surface area contributed by atoms with E-state index in [9.17, 15) is 5.11 Å². The molecule has 0 aliphatic heterocycles. The third-order valence-corrected chi connectivity index (χ3v) is 3.11. The van der Waals surface area contributed by atoms with Gasteiger partial charge in [0, 0.05) is 19.7 Å². The number of aliphatic hydroxyl groups excluding tert-OH is 2. The predicted octanol–water partition coefficient (Wildman–Crippen LogP) is 0.687. The van der Waals surface area contributed by atoms with Crippen LogP contribution in [0.3, 0.4) is 0 Å². The quantitative estimate of drug-likeness (QED) is 0.470. The maximum absolute atomic E-state index is 9.79. The SMILES string of the molecule is CCN(CC)CC(O)CNCCCC(C)CO. The lowest BCUT2D eigenvalue weighted by molar-refractivity contribution is 0.116. The molecule has 4 heteroatoms. The molecule has 0 spiro atoms. The van der Waals surface area contributed by atoms with Crippen molar-refractivity contribution < 1.29 is 10.2 Å². The molecule has 0 radical (unpaired) electrons. The summed E-state index contributed by atoms with van der Waals surface area (Å²) in [5.41, 5.74) is 0. The van der Waals surface area contributed by atoms with Crippen molar-refractivity contribution in [2.24, 2.45) is 5.92 Å². The second-order valence-electron chi connectivity index (χ2n) is 4.77. The zero-order valence-electron chi connectivity index (χ0n) is 11.7. The summed E-state index contributed by atoms with van der Waals surface area (Å²) in [4.78, 5) is 2.22. The third-order valence-electron chi connectivity index (χ3n) is 3.11. The van der Waals surface area contributed by atoms with Gasteiger partial charge in [-0.05, 0) is 38.4 Å². The van der Waals surface area contributed by atoms with E-state index >= 15 is 0 Å². The fourth-order valence-corrected chi connectivity index (χ4v) is 1.78. The van der Waals surface area contributed by atoms with Crippen LogP contribution in [-0.4, -0.2) is 60.5 Å². The predicted molar refractivity (Wildman–Crippen MR) is 72.1 cm³/mol. The summed E-state index contributed by atoms with van der Waals surface area (Å²) in [7, 11) is 0. The van der Waals surface area contributed by atoms with Gasteiger partial charge in [-0.15, -0.1) is 0 Å². The molecule has 0 fully saturated rings. The Morgan fingerprint density at radius 1 is 1.24 bits per heavy atom. The van der Waals surface area contributed by atoms with Crippen molar-refractivity contribution in [2.75, 3.05) is 39.3 Å². The van der Waals surface area contributed by atoms with Crippen LogP contribution in [0, 0.1) is 5.92 Å². The molecule has 0 rings (SSSR count). The maximum Gasteiger partial charge on any atom is 0.0791 e. The molecule has 0 aromatic heterocycles. The van der Waals surface area contributed by atoms with Crippen LogP contribution < -0.4 is 5.32 Å². The van der Waals surface area contributed by atoms with Crippen LogP contribution >= 0.6 is 0 Å². The topological polar surface area (TPSA) is 55.7 Å². The van der Waals surface area contributed by atoms with E-state index in [4.69, 9.17) is 5.11 Å². The van der Waals surface area contributed by atoms with Crippen LogP contribution in [0.5, 0.6) is 0 Å². The molecule has 0 heterocycles. The molecule has 0 aromatic carbocycles. The van der Waals surface area contributed by atoms with E-state index in [0.29, 0.717) is 12.5 Å². The van der Waals surface area contributed by atoms with E-state index in [-0.39, 0.29) is 12.7 Å². The summed E-state index contributed by atoms with van der Waals surface area (Å²) in [5, 5.41) is 21.9. The van der Waals surface area contributed by atoms with Crippen LogP contribution in [0.25, 0.3) is 0 Å². The Kier molecular flexibility index (Phi) is 10.9. The van der Waals surface area contributed by atoms with Gasteiger partial charge in [0.1, 0.15) is 0 Å². The number of rotatable bonds is 11. The molecular formula is C13H30N2O2. The molecule has 0 saturated heterocycles. The first-order valence-corrected chi connectivity index (χ1v) is 6.85. The summed E-state index contributed by atoms with van der Waals surface area (Å²) >= 11 is 0. The standard InChI is InChI=1S/C13H30N2O2/c1-4-15(5-2)10-13(17)9-14-8-6-7-12(3)11-16/h12-14,16-17H,4-11H2,1-3H3. The highest BCUT2D eigenvalue weighted by molar-refractivity contribution is 4.65. The van der Waals surface area contributed by atoms with Gasteiger partial charge in [-0.3, -0.25) is 0 Å². The summed E-state index contributed by atoms with van der Waals surface area (Å²) in [6, 6.07) is 0. The Hall–Kier alpha value is -0.160. The summed E-state index contributed by atoms with van der Waals surface area (Å²) < 4.78 is 0. The van der Waals surface area contributed by atoms with E-state index in [1.165, 1.54) is 0 Å². The molecular weight excluding hydrogens is 216 g/mol. The van der Waals surface area contributed by atoms with Crippen LogP contribution in [0.1, 0.15) is 33.6 Å². The van der Waals surface area contributed by atoms with E-state index in [2.05, 4.69) is 31.0 Å². The minimum Gasteiger partial charge on any atom is -0.396 e. The number of nitrogens with zero attached hydrogens (tertiary/aromatic N) is 1. The second kappa shape index (κ2) is 11.0. The minimum atomic E-state index is -0.287. The highest BCUT2D eigenvalue weighted by Crippen LogP contribution is 2.02. The van der Waals surface area contributed by atoms with E-state index in [0.717, 1.165) is 39.0 Å². The first-order chi connectivity index (χ1) is 8.13. The first-order valence-electron chi connectivity index (χ1n) is 6.85. The molecule has 2 atom stereocenters. The number of hydrogen-bond donors (Lipinski definition) is 3. The smallest absolute Gasteiger partial charge is 0.0791 e. The number of hydrogen-bond acceptors (Lipinski definition) is 4. The molecule has 17 heavy (non-hydrogen) atoms. The number of nitrogens with one attached hydrogen (secondary N) is 1. The van der Waals surface area contributed by atoms with Gasteiger partial charge in [0.25, 0.3) is 0 Å². The van der Waals surface area contributed by atoms with Crippen molar-refractivity contribution in [3.8, 4) is 0 Å². The van der Waals surface area contributed by atoms with Gasteiger partial charge >= 0.3 is 0 Å². The van der Waals surface area contributed by atoms with Crippen molar-refractivity contribution in [2.45, 2.75) is 39.7 Å². The average molecular weight is 246 g/mol. The van der Waals surface area contributed by atoms with Crippen LogP contribution in [0.15, 0.2) is 0 Å². The van der Waals surface area contributed by atoms with Gasteiger partial charge in [-0.2, -0.15) is 0 Å². The maximum atomic E-state index is 9.79. The van der Waals surface area contributed by atoms with Crippen molar-refractivity contribution in [1.82, 2.24) is 10.2 Å². The van der Waals surface area contributed by atoms with E-state index < -0.39 is 0 Å². The zero-order chi connectivity index (χ0) is 13.1. The first kappa shape index (κ1) is 16.8. The minimum absolute atomic E-state index is 0.268. The highest BCUT2D eigenvalue weighted by atomic mass is 16.3.